The number of anilines is 1. The molecule has 0 aromatic carbocycles. The van der Waals surface area contributed by atoms with Crippen molar-refractivity contribution in [1.82, 2.24) is 19.9 Å². The summed E-state index contributed by atoms with van der Waals surface area (Å²) in [6.45, 7) is 1.44. The summed E-state index contributed by atoms with van der Waals surface area (Å²) in [6, 6.07) is 0. The van der Waals surface area contributed by atoms with Gasteiger partial charge in [-0.25, -0.2) is 9.97 Å². The molecular formula is C14H17N5O2. The fourth-order valence-electron chi connectivity index (χ4n) is 2.49. The lowest BCUT2D eigenvalue weighted by atomic mass is 9.98. The van der Waals surface area contributed by atoms with Gasteiger partial charge < -0.3 is 10.5 Å². The van der Waals surface area contributed by atoms with E-state index in [-0.39, 0.29) is 23.5 Å². The normalized spacial score (nSPS) is 16.0. The maximum atomic E-state index is 11.4. The topological polar surface area (TPSA) is 104 Å². The molecule has 2 aromatic rings. The fraction of sp³-hybridized carbons (Fsp3) is 0.500. The summed E-state index contributed by atoms with van der Waals surface area (Å²) in [5.41, 5.74) is 6.70. The lowest BCUT2D eigenvalue weighted by Gasteiger charge is -2.22. The van der Waals surface area contributed by atoms with Gasteiger partial charge in [0.25, 0.3) is 0 Å². The van der Waals surface area contributed by atoms with Crippen molar-refractivity contribution in [1.29, 1.82) is 0 Å². The molecule has 1 saturated carbocycles. The largest absolute Gasteiger partial charge is 0.473 e. The summed E-state index contributed by atoms with van der Waals surface area (Å²) in [5, 5.41) is 0. The zero-order chi connectivity index (χ0) is 14.8. The van der Waals surface area contributed by atoms with E-state index < -0.39 is 0 Å². The first kappa shape index (κ1) is 13.7. The molecule has 2 N–H and O–H groups in total. The molecule has 7 nitrogen and oxygen atoms in total. The molecule has 0 bridgehead atoms. The van der Waals surface area contributed by atoms with E-state index in [2.05, 4.69) is 19.9 Å². The predicted molar refractivity (Wildman–Crippen MR) is 77.0 cm³/mol. The molecule has 0 unspecified atom stereocenters. The van der Waals surface area contributed by atoms with Gasteiger partial charge in [-0.2, -0.15) is 9.97 Å². The molecule has 7 heteroatoms. The first-order chi connectivity index (χ1) is 10.1. The number of nitrogens with two attached hydrogens (primary N) is 1. The van der Waals surface area contributed by atoms with Crippen molar-refractivity contribution < 1.29 is 9.53 Å². The molecule has 0 aliphatic heterocycles. The van der Waals surface area contributed by atoms with Gasteiger partial charge in [0, 0.05) is 6.92 Å². The highest BCUT2D eigenvalue weighted by atomic mass is 16.5. The van der Waals surface area contributed by atoms with Crippen molar-refractivity contribution in [3.8, 4) is 5.88 Å². The fourth-order valence-corrected chi connectivity index (χ4v) is 2.49. The van der Waals surface area contributed by atoms with Crippen LogP contribution in [0.15, 0.2) is 6.20 Å². The van der Waals surface area contributed by atoms with Crippen LogP contribution in [0.2, 0.25) is 0 Å². The molecule has 1 aliphatic carbocycles. The number of rotatable bonds is 3. The number of ketones is 1. The minimum atomic E-state index is -0.162. The molecule has 3 rings (SSSR count). The number of Topliss-reactive ketones (excluding diaryl/α,β-unsaturated/α-hetero) is 1. The maximum Gasteiger partial charge on any atom is 0.247 e. The molecule has 1 aliphatic rings. The van der Waals surface area contributed by atoms with Crippen molar-refractivity contribution in [3.63, 3.8) is 0 Å². The van der Waals surface area contributed by atoms with E-state index in [1.165, 1.54) is 19.5 Å². The Bertz CT molecular complexity index is 682. The Balaban J connectivity index is 2.01. The molecule has 110 valence electrons. The quantitative estimate of drug-likeness (QED) is 0.860. The van der Waals surface area contributed by atoms with E-state index in [4.69, 9.17) is 10.5 Å². The van der Waals surface area contributed by atoms with Crippen molar-refractivity contribution in [3.05, 3.63) is 11.9 Å². The zero-order valence-corrected chi connectivity index (χ0v) is 11.9. The molecule has 2 aromatic heterocycles. The lowest BCUT2D eigenvalue weighted by molar-refractivity contribution is 0.101. The number of nitrogens with zero attached hydrogens (tertiary/aromatic N) is 4. The number of fused-ring (bicyclic) bond motifs is 1. The van der Waals surface area contributed by atoms with Crippen molar-refractivity contribution in [2.24, 2.45) is 0 Å². The monoisotopic (exact) mass is 287 g/mol. The van der Waals surface area contributed by atoms with Crippen LogP contribution in [0.1, 0.15) is 49.5 Å². The number of nitrogen functional groups attached to an aromatic ring is 1. The van der Waals surface area contributed by atoms with Crippen LogP contribution in [0.3, 0.4) is 0 Å². The van der Waals surface area contributed by atoms with Crippen molar-refractivity contribution in [2.45, 2.75) is 45.1 Å². The highest BCUT2D eigenvalue weighted by Crippen LogP contribution is 2.26. The van der Waals surface area contributed by atoms with Gasteiger partial charge in [0.05, 0.1) is 6.20 Å². The number of carbonyl (C=O) groups excluding carboxylic acids is 1. The van der Waals surface area contributed by atoms with Crippen LogP contribution in [0.5, 0.6) is 5.88 Å². The molecule has 0 radical (unpaired) electrons. The molecule has 2 heterocycles. The zero-order valence-electron chi connectivity index (χ0n) is 11.9. The van der Waals surface area contributed by atoms with Crippen LogP contribution < -0.4 is 10.5 Å². The maximum absolute atomic E-state index is 11.4. The Hall–Kier alpha value is -2.31. The minimum Gasteiger partial charge on any atom is -0.473 e. The smallest absolute Gasteiger partial charge is 0.247 e. The van der Waals surface area contributed by atoms with Crippen LogP contribution in [-0.4, -0.2) is 31.8 Å². The second kappa shape index (κ2) is 5.59. The summed E-state index contributed by atoms with van der Waals surface area (Å²) in [7, 11) is 0. The third-order valence-corrected chi connectivity index (χ3v) is 3.58. The Morgan fingerprint density at radius 3 is 2.71 bits per heavy atom. The molecular weight excluding hydrogens is 270 g/mol. The van der Waals surface area contributed by atoms with Gasteiger partial charge in [0.2, 0.25) is 11.8 Å². The van der Waals surface area contributed by atoms with Gasteiger partial charge in [-0.3, -0.25) is 4.79 Å². The van der Waals surface area contributed by atoms with Gasteiger partial charge in [-0.15, -0.1) is 0 Å². The third kappa shape index (κ3) is 2.91. The van der Waals surface area contributed by atoms with E-state index in [0.717, 1.165) is 25.7 Å². The second-order valence-corrected chi connectivity index (χ2v) is 5.25. The molecule has 1 fully saturated rings. The Labute approximate surface area is 122 Å². The first-order valence-electron chi connectivity index (χ1n) is 7.11. The van der Waals surface area contributed by atoms with Gasteiger partial charge in [0.15, 0.2) is 16.9 Å². The molecule has 0 spiro atoms. The number of aromatic nitrogens is 4. The first-order valence-corrected chi connectivity index (χ1v) is 7.11. The predicted octanol–water partition coefficient (Wildman–Crippen LogP) is 1.92. The van der Waals surface area contributed by atoms with Crippen LogP contribution in [0.4, 0.5) is 5.95 Å². The standard InChI is InChI=1S/C14H17N5O2/c1-8(20)10-7-16-12-11(17-10)13(19-14(15)18-12)21-9-5-3-2-4-6-9/h7,9H,2-6H2,1H3,(H2,15,16,18,19). The second-order valence-electron chi connectivity index (χ2n) is 5.25. The Morgan fingerprint density at radius 1 is 1.24 bits per heavy atom. The number of hydrogen-bond donors (Lipinski definition) is 1. The van der Waals surface area contributed by atoms with E-state index >= 15 is 0 Å². The third-order valence-electron chi connectivity index (χ3n) is 3.58. The lowest BCUT2D eigenvalue weighted by Crippen LogP contribution is -2.21. The summed E-state index contributed by atoms with van der Waals surface area (Å²) in [4.78, 5) is 28.0. The number of hydrogen-bond acceptors (Lipinski definition) is 7. The summed E-state index contributed by atoms with van der Waals surface area (Å²) < 4.78 is 5.94. The minimum absolute atomic E-state index is 0.0955. The van der Waals surface area contributed by atoms with Gasteiger partial charge in [-0.1, -0.05) is 6.42 Å². The summed E-state index contributed by atoms with van der Waals surface area (Å²) in [5.74, 6) is 0.253. The molecule has 0 amide bonds. The van der Waals surface area contributed by atoms with Crippen molar-refractivity contribution in [2.75, 3.05) is 5.73 Å². The van der Waals surface area contributed by atoms with E-state index in [0.29, 0.717) is 17.0 Å². The summed E-state index contributed by atoms with van der Waals surface area (Å²) in [6.07, 6.45) is 7.01. The van der Waals surface area contributed by atoms with E-state index in [1.807, 2.05) is 0 Å². The average molecular weight is 287 g/mol. The molecule has 0 atom stereocenters. The SMILES string of the molecule is CC(=O)c1cnc2nc(N)nc(OC3CCCCC3)c2n1. The van der Waals surface area contributed by atoms with Crippen LogP contribution >= 0.6 is 0 Å². The van der Waals surface area contributed by atoms with E-state index in [1.54, 1.807) is 0 Å². The van der Waals surface area contributed by atoms with Crippen LogP contribution in [0.25, 0.3) is 11.2 Å². The average Bonchev–Trinajstić information content (AvgIpc) is 2.47. The molecule has 21 heavy (non-hydrogen) atoms. The summed E-state index contributed by atoms with van der Waals surface area (Å²) >= 11 is 0. The van der Waals surface area contributed by atoms with Gasteiger partial charge in [0.1, 0.15) is 11.8 Å². The van der Waals surface area contributed by atoms with E-state index in [9.17, 15) is 4.79 Å². The Kier molecular flexibility index (Phi) is 3.64. The van der Waals surface area contributed by atoms with Crippen LogP contribution in [0, 0.1) is 0 Å². The van der Waals surface area contributed by atoms with Crippen LogP contribution in [-0.2, 0) is 0 Å². The number of ether oxygens (including phenoxy) is 1. The van der Waals surface area contributed by atoms with Gasteiger partial charge >= 0.3 is 0 Å². The number of carbonyl (C=O) groups is 1. The van der Waals surface area contributed by atoms with Gasteiger partial charge in [-0.05, 0) is 25.7 Å². The highest BCUT2D eigenvalue weighted by molar-refractivity contribution is 5.93. The highest BCUT2D eigenvalue weighted by Gasteiger charge is 2.19. The molecule has 0 saturated heterocycles. The Morgan fingerprint density at radius 2 is 2.00 bits per heavy atom. The van der Waals surface area contributed by atoms with Crippen molar-refractivity contribution >= 4 is 22.9 Å².